The zero-order chi connectivity index (χ0) is 18.4. The molecule has 0 radical (unpaired) electrons. The van der Waals surface area contributed by atoms with Crippen molar-refractivity contribution in [2.75, 3.05) is 0 Å². The smallest absolute Gasteiger partial charge is 0.193 e. The maximum Gasteiger partial charge on any atom is 0.193 e. The van der Waals surface area contributed by atoms with Crippen LogP contribution in [0.3, 0.4) is 0 Å². The average Bonchev–Trinajstić information content (AvgIpc) is 3.05. The number of nitrogens with zero attached hydrogens (tertiary/aromatic N) is 4. The van der Waals surface area contributed by atoms with E-state index in [0.29, 0.717) is 23.1 Å². The van der Waals surface area contributed by atoms with Gasteiger partial charge in [0.2, 0.25) is 0 Å². The van der Waals surface area contributed by atoms with E-state index in [1.54, 1.807) is 6.08 Å². The Bertz CT molecular complexity index is 913. The van der Waals surface area contributed by atoms with Crippen molar-refractivity contribution in [3.63, 3.8) is 0 Å². The van der Waals surface area contributed by atoms with E-state index < -0.39 is 0 Å². The second-order valence-electron chi connectivity index (χ2n) is 5.64. The molecule has 1 aromatic heterocycles. The zero-order valence-corrected chi connectivity index (χ0v) is 15.6. The quantitative estimate of drug-likeness (QED) is 0.427. The molecule has 2 aromatic carbocycles. The Kier molecular flexibility index (Phi) is 6.11. The van der Waals surface area contributed by atoms with Crippen LogP contribution in [0.4, 0.5) is 0 Å². The van der Waals surface area contributed by atoms with Gasteiger partial charge in [-0.25, -0.2) is 0 Å². The van der Waals surface area contributed by atoms with Crippen LogP contribution in [0.15, 0.2) is 72.4 Å². The van der Waals surface area contributed by atoms with Crippen molar-refractivity contribution >= 4 is 23.4 Å². The normalized spacial score (nSPS) is 11.7. The van der Waals surface area contributed by atoms with E-state index in [-0.39, 0.29) is 5.25 Å². The summed E-state index contributed by atoms with van der Waals surface area (Å²) in [5.74, 6) is 0.737. The number of halogens is 1. The molecule has 0 aliphatic heterocycles. The molecule has 0 aliphatic carbocycles. The van der Waals surface area contributed by atoms with Crippen molar-refractivity contribution in [1.82, 2.24) is 14.8 Å². The van der Waals surface area contributed by atoms with Crippen LogP contribution < -0.4 is 0 Å². The summed E-state index contributed by atoms with van der Waals surface area (Å²) in [6.45, 7) is 4.39. The number of allylic oxidation sites excluding steroid dienone is 1. The summed E-state index contributed by atoms with van der Waals surface area (Å²) in [7, 11) is 0. The fourth-order valence-corrected chi connectivity index (χ4v) is 3.64. The van der Waals surface area contributed by atoms with Crippen molar-refractivity contribution in [1.29, 1.82) is 5.26 Å². The molecule has 3 rings (SSSR count). The summed E-state index contributed by atoms with van der Waals surface area (Å²) >= 11 is 7.39. The van der Waals surface area contributed by atoms with Crippen LogP contribution in [0.2, 0.25) is 5.02 Å². The van der Waals surface area contributed by atoms with E-state index >= 15 is 0 Å². The van der Waals surface area contributed by atoms with E-state index in [9.17, 15) is 5.26 Å². The average molecular weight is 381 g/mol. The van der Waals surface area contributed by atoms with Gasteiger partial charge in [0, 0.05) is 17.1 Å². The summed E-state index contributed by atoms with van der Waals surface area (Å²) in [5.41, 5.74) is 2.05. The molecule has 0 fully saturated rings. The highest BCUT2D eigenvalue weighted by atomic mass is 35.5. The molecule has 0 unspecified atom stereocenters. The number of hydrogen-bond acceptors (Lipinski definition) is 4. The number of aromatic nitrogens is 3. The molecule has 0 spiro atoms. The summed E-state index contributed by atoms with van der Waals surface area (Å²) in [6, 6.07) is 19.8. The maximum absolute atomic E-state index is 9.56. The summed E-state index contributed by atoms with van der Waals surface area (Å²) in [6.07, 6.45) is 2.45. The molecule has 6 heteroatoms. The standard InChI is InChI=1S/C20H17ClN4S/c1-2-12-25-19(16-8-10-17(21)11-9-16)23-24-20(25)26-18(14-22)13-15-6-4-3-5-7-15/h2-11,18H,1,12-13H2/t18-/m0/s1. The van der Waals surface area contributed by atoms with E-state index in [1.807, 2.05) is 59.2 Å². The number of nitriles is 1. The van der Waals surface area contributed by atoms with Crippen LogP contribution in [0.5, 0.6) is 0 Å². The predicted octanol–water partition coefficient (Wildman–Crippen LogP) is 5.01. The molecule has 0 saturated heterocycles. The number of rotatable bonds is 7. The van der Waals surface area contributed by atoms with Gasteiger partial charge in [0.1, 0.15) is 5.25 Å². The van der Waals surface area contributed by atoms with Crippen molar-refractivity contribution in [3.8, 4) is 17.5 Å². The van der Waals surface area contributed by atoms with Gasteiger partial charge in [0.15, 0.2) is 11.0 Å². The first-order chi connectivity index (χ1) is 12.7. The van der Waals surface area contributed by atoms with Gasteiger partial charge in [0.05, 0.1) is 6.07 Å². The van der Waals surface area contributed by atoms with Crippen LogP contribution in [-0.2, 0) is 13.0 Å². The molecule has 3 aromatic rings. The van der Waals surface area contributed by atoms with Gasteiger partial charge in [-0.05, 0) is 36.2 Å². The number of benzene rings is 2. The Morgan fingerprint density at radius 1 is 1.15 bits per heavy atom. The first-order valence-corrected chi connectivity index (χ1v) is 9.37. The molecule has 0 aliphatic rings. The van der Waals surface area contributed by atoms with Gasteiger partial charge in [0.25, 0.3) is 0 Å². The van der Waals surface area contributed by atoms with Crippen molar-refractivity contribution in [2.45, 2.75) is 23.4 Å². The highest BCUT2D eigenvalue weighted by molar-refractivity contribution is 8.00. The topological polar surface area (TPSA) is 54.5 Å². The molecule has 4 nitrogen and oxygen atoms in total. The molecule has 1 heterocycles. The number of thioether (sulfide) groups is 1. The molecule has 0 bridgehead atoms. The SMILES string of the molecule is C=CCn1c(S[C@H](C#N)Cc2ccccc2)nnc1-c1ccc(Cl)cc1. The third-order valence-electron chi connectivity index (χ3n) is 3.79. The minimum absolute atomic E-state index is 0.247. The third kappa shape index (κ3) is 4.34. The van der Waals surface area contributed by atoms with E-state index in [2.05, 4.69) is 22.8 Å². The molecule has 1 atom stereocenters. The molecule has 130 valence electrons. The Balaban J connectivity index is 1.86. The van der Waals surface area contributed by atoms with Gasteiger partial charge in [-0.3, -0.25) is 4.57 Å². The molecule has 0 amide bonds. The lowest BCUT2D eigenvalue weighted by molar-refractivity contribution is 0.729. The predicted molar refractivity (Wildman–Crippen MR) is 106 cm³/mol. The monoisotopic (exact) mass is 380 g/mol. The minimum Gasteiger partial charge on any atom is -0.298 e. The van der Waals surface area contributed by atoms with Crippen molar-refractivity contribution < 1.29 is 0 Å². The first kappa shape index (κ1) is 18.2. The summed E-state index contributed by atoms with van der Waals surface area (Å²) in [5, 5.41) is 19.3. The van der Waals surface area contributed by atoms with Gasteiger partial charge in [-0.2, -0.15) is 5.26 Å². The zero-order valence-electron chi connectivity index (χ0n) is 14.0. The third-order valence-corrected chi connectivity index (χ3v) is 5.11. The first-order valence-electron chi connectivity index (χ1n) is 8.11. The van der Waals surface area contributed by atoms with Gasteiger partial charge < -0.3 is 0 Å². The second kappa shape index (κ2) is 8.70. The van der Waals surface area contributed by atoms with E-state index in [0.717, 1.165) is 17.0 Å². The lowest BCUT2D eigenvalue weighted by Crippen LogP contribution is -2.07. The number of hydrogen-bond donors (Lipinski definition) is 0. The van der Waals surface area contributed by atoms with Crippen molar-refractivity contribution in [2.24, 2.45) is 0 Å². The van der Waals surface area contributed by atoms with Gasteiger partial charge >= 0.3 is 0 Å². The molecule has 26 heavy (non-hydrogen) atoms. The highest BCUT2D eigenvalue weighted by Gasteiger charge is 2.18. The highest BCUT2D eigenvalue weighted by Crippen LogP contribution is 2.29. The fourth-order valence-electron chi connectivity index (χ4n) is 2.55. The molecule has 0 saturated carbocycles. The Morgan fingerprint density at radius 3 is 2.54 bits per heavy atom. The second-order valence-corrected chi connectivity index (χ2v) is 7.24. The van der Waals surface area contributed by atoms with Gasteiger partial charge in [-0.1, -0.05) is 59.8 Å². The fraction of sp³-hybridized carbons (Fsp3) is 0.150. The van der Waals surface area contributed by atoms with E-state index in [1.165, 1.54) is 11.8 Å². The maximum atomic E-state index is 9.56. The van der Waals surface area contributed by atoms with Crippen LogP contribution in [0.25, 0.3) is 11.4 Å². The Hall–Kier alpha value is -2.55. The van der Waals surface area contributed by atoms with Crippen LogP contribution in [-0.4, -0.2) is 20.0 Å². The van der Waals surface area contributed by atoms with Crippen molar-refractivity contribution in [3.05, 3.63) is 77.8 Å². The Labute approximate surface area is 162 Å². The molecular weight excluding hydrogens is 364 g/mol. The Morgan fingerprint density at radius 2 is 1.88 bits per heavy atom. The summed E-state index contributed by atoms with van der Waals surface area (Å²) in [4.78, 5) is 0. The largest absolute Gasteiger partial charge is 0.298 e. The summed E-state index contributed by atoms with van der Waals surface area (Å²) < 4.78 is 1.97. The lowest BCUT2D eigenvalue weighted by atomic mass is 10.1. The van der Waals surface area contributed by atoms with E-state index in [4.69, 9.17) is 11.6 Å². The molecular formula is C20H17ClN4S. The minimum atomic E-state index is -0.247. The van der Waals surface area contributed by atoms with Crippen LogP contribution in [0.1, 0.15) is 5.56 Å². The van der Waals surface area contributed by atoms with Gasteiger partial charge in [-0.15, -0.1) is 16.8 Å². The van der Waals surface area contributed by atoms with Crippen LogP contribution in [0, 0.1) is 11.3 Å². The molecule has 0 N–H and O–H groups in total. The van der Waals surface area contributed by atoms with Crippen LogP contribution >= 0.6 is 23.4 Å². The lowest BCUT2D eigenvalue weighted by Gasteiger charge is -2.11.